The molecule has 1 aromatic heterocycles. The average Bonchev–Trinajstić information content (AvgIpc) is 2.56. The fourth-order valence-corrected chi connectivity index (χ4v) is 1.18. The molecule has 3 nitrogen and oxygen atoms in total. The Balaban J connectivity index is 2.33. The van der Waals surface area contributed by atoms with Gasteiger partial charge in [-0.15, -0.1) is 0 Å². The Morgan fingerprint density at radius 2 is 2.33 bits per heavy atom. The fourth-order valence-electron chi connectivity index (χ4n) is 1.18. The summed E-state index contributed by atoms with van der Waals surface area (Å²) < 4.78 is 5.30. The van der Waals surface area contributed by atoms with Crippen LogP contribution in [0.15, 0.2) is 23.5 Å². The van der Waals surface area contributed by atoms with Gasteiger partial charge in [-0.2, -0.15) is 0 Å². The van der Waals surface area contributed by atoms with E-state index in [9.17, 15) is 0 Å². The first-order valence-corrected chi connectivity index (χ1v) is 3.95. The van der Waals surface area contributed by atoms with Gasteiger partial charge < -0.3 is 4.74 Å². The number of hydrogen-bond acceptors (Lipinski definition) is 3. The number of hydrogen-bond donors (Lipinski definition) is 0. The number of aryl methyl sites for hydroxylation is 1. The van der Waals surface area contributed by atoms with Gasteiger partial charge in [-0.1, -0.05) is 0 Å². The molecule has 0 aliphatic carbocycles. The van der Waals surface area contributed by atoms with Crippen LogP contribution >= 0.6 is 0 Å². The molecule has 2 heterocycles. The molecule has 2 rings (SSSR count). The van der Waals surface area contributed by atoms with Gasteiger partial charge >= 0.3 is 0 Å². The normalized spacial score (nSPS) is 15.6. The van der Waals surface area contributed by atoms with Crippen LogP contribution in [0.4, 0.5) is 0 Å². The Bertz CT molecular complexity index is 320. The third-order valence-electron chi connectivity index (χ3n) is 1.71. The second-order valence-electron chi connectivity index (χ2n) is 2.79. The molecule has 0 saturated heterocycles. The minimum Gasteiger partial charge on any atom is -0.475 e. The molecule has 0 unspecified atom stereocenters. The smallest absolute Gasteiger partial charge is 0.217 e. The molecular formula is C9H10N2O. The number of aliphatic imine (C=N–C) groups is 1. The summed E-state index contributed by atoms with van der Waals surface area (Å²) >= 11 is 0. The van der Waals surface area contributed by atoms with Crippen LogP contribution in [0.1, 0.15) is 11.1 Å². The van der Waals surface area contributed by atoms with Crippen LogP contribution in [-0.2, 0) is 4.74 Å². The summed E-state index contributed by atoms with van der Waals surface area (Å²) in [5, 5.41) is 0. The van der Waals surface area contributed by atoms with Gasteiger partial charge in [-0.25, -0.2) is 4.99 Å². The summed E-state index contributed by atoms with van der Waals surface area (Å²) in [7, 11) is 0. The van der Waals surface area contributed by atoms with E-state index in [1.165, 1.54) is 0 Å². The van der Waals surface area contributed by atoms with Crippen LogP contribution in [-0.4, -0.2) is 24.0 Å². The maximum Gasteiger partial charge on any atom is 0.217 e. The maximum absolute atomic E-state index is 5.30. The number of nitrogens with zero attached hydrogens (tertiary/aromatic N) is 2. The summed E-state index contributed by atoms with van der Waals surface area (Å²) in [6.07, 6.45) is 3.59. The molecule has 0 spiro atoms. The van der Waals surface area contributed by atoms with E-state index >= 15 is 0 Å². The van der Waals surface area contributed by atoms with E-state index in [0.717, 1.165) is 23.6 Å². The summed E-state index contributed by atoms with van der Waals surface area (Å²) in [6, 6.07) is 2.02. The van der Waals surface area contributed by atoms with E-state index < -0.39 is 0 Å². The summed E-state index contributed by atoms with van der Waals surface area (Å²) in [6.45, 7) is 3.47. The van der Waals surface area contributed by atoms with Crippen molar-refractivity contribution in [1.82, 2.24) is 4.98 Å². The second kappa shape index (κ2) is 2.93. The molecule has 0 bridgehead atoms. The Hall–Kier alpha value is -1.38. The first kappa shape index (κ1) is 7.28. The molecule has 1 aliphatic rings. The quantitative estimate of drug-likeness (QED) is 0.621. The molecule has 3 heteroatoms. The van der Waals surface area contributed by atoms with Gasteiger partial charge in [0.1, 0.15) is 6.61 Å². The molecule has 0 aromatic carbocycles. The highest BCUT2D eigenvalue weighted by Gasteiger charge is 2.09. The number of ether oxygens (including phenoxy) is 1. The molecule has 12 heavy (non-hydrogen) atoms. The third kappa shape index (κ3) is 1.30. The molecule has 0 radical (unpaired) electrons. The topological polar surface area (TPSA) is 34.5 Å². The zero-order valence-corrected chi connectivity index (χ0v) is 6.95. The lowest BCUT2D eigenvalue weighted by atomic mass is 10.2. The molecule has 1 aliphatic heterocycles. The Labute approximate surface area is 71.1 Å². The Morgan fingerprint density at radius 3 is 3.00 bits per heavy atom. The van der Waals surface area contributed by atoms with Crippen molar-refractivity contribution in [2.75, 3.05) is 13.2 Å². The largest absolute Gasteiger partial charge is 0.475 e. The number of rotatable bonds is 1. The number of aromatic nitrogens is 1. The molecule has 0 atom stereocenters. The summed E-state index contributed by atoms with van der Waals surface area (Å²) in [5.74, 6) is 0.728. The predicted octanol–water partition coefficient (Wildman–Crippen LogP) is 1.17. The second-order valence-corrected chi connectivity index (χ2v) is 2.79. The van der Waals surface area contributed by atoms with Crippen molar-refractivity contribution in [1.29, 1.82) is 0 Å². The molecule has 0 amide bonds. The Kier molecular flexibility index (Phi) is 1.78. The third-order valence-corrected chi connectivity index (χ3v) is 1.71. The van der Waals surface area contributed by atoms with Crippen molar-refractivity contribution in [3.8, 4) is 0 Å². The van der Waals surface area contributed by atoms with Crippen molar-refractivity contribution < 1.29 is 4.74 Å². The van der Waals surface area contributed by atoms with Gasteiger partial charge in [0.25, 0.3) is 0 Å². The van der Waals surface area contributed by atoms with Crippen molar-refractivity contribution in [2.24, 2.45) is 4.99 Å². The van der Waals surface area contributed by atoms with E-state index in [2.05, 4.69) is 9.98 Å². The van der Waals surface area contributed by atoms with Gasteiger partial charge in [0.05, 0.1) is 12.1 Å². The molecule has 1 aromatic rings. The fraction of sp³-hybridized carbons (Fsp3) is 0.333. The average molecular weight is 162 g/mol. The lowest BCUT2D eigenvalue weighted by Gasteiger charge is -2.00. The van der Waals surface area contributed by atoms with Crippen LogP contribution < -0.4 is 0 Å². The van der Waals surface area contributed by atoms with Gasteiger partial charge in [0.2, 0.25) is 5.90 Å². The SMILES string of the molecule is Cc1cncc(C2=NCCO2)c1. The lowest BCUT2D eigenvalue weighted by Crippen LogP contribution is -2.01. The maximum atomic E-state index is 5.30. The molecule has 0 fully saturated rings. The molecule has 62 valence electrons. The number of pyridine rings is 1. The molecule has 0 N–H and O–H groups in total. The van der Waals surface area contributed by atoms with Crippen LogP contribution in [0.25, 0.3) is 0 Å². The van der Waals surface area contributed by atoms with Crippen LogP contribution in [0, 0.1) is 6.92 Å². The van der Waals surface area contributed by atoms with Gasteiger partial charge in [-0.3, -0.25) is 4.98 Å². The van der Waals surface area contributed by atoms with E-state index in [1.54, 1.807) is 6.20 Å². The first-order valence-electron chi connectivity index (χ1n) is 3.95. The highest BCUT2D eigenvalue weighted by atomic mass is 16.5. The van der Waals surface area contributed by atoms with Crippen molar-refractivity contribution in [2.45, 2.75) is 6.92 Å². The van der Waals surface area contributed by atoms with E-state index in [1.807, 2.05) is 19.2 Å². The standard InChI is InChI=1S/C9H10N2O/c1-7-4-8(6-10-5-7)9-11-2-3-12-9/h4-6H,2-3H2,1H3. The van der Waals surface area contributed by atoms with Gasteiger partial charge in [0, 0.05) is 12.4 Å². The zero-order valence-electron chi connectivity index (χ0n) is 6.95. The van der Waals surface area contributed by atoms with Crippen LogP contribution in [0.5, 0.6) is 0 Å². The van der Waals surface area contributed by atoms with Crippen molar-refractivity contribution in [3.05, 3.63) is 29.6 Å². The zero-order chi connectivity index (χ0) is 8.39. The van der Waals surface area contributed by atoms with Crippen molar-refractivity contribution >= 4 is 5.90 Å². The molecule has 0 saturated carbocycles. The monoisotopic (exact) mass is 162 g/mol. The highest BCUT2D eigenvalue weighted by Crippen LogP contribution is 2.07. The van der Waals surface area contributed by atoms with Gasteiger partial charge in [0.15, 0.2) is 0 Å². The van der Waals surface area contributed by atoms with E-state index in [4.69, 9.17) is 4.74 Å². The van der Waals surface area contributed by atoms with E-state index in [-0.39, 0.29) is 0 Å². The minimum absolute atomic E-state index is 0.698. The van der Waals surface area contributed by atoms with Gasteiger partial charge in [-0.05, 0) is 18.6 Å². The molecular weight excluding hydrogens is 152 g/mol. The van der Waals surface area contributed by atoms with Crippen LogP contribution in [0.3, 0.4) is 0 Å². The summed E-state index contributed by atoms with van der Waals surface area (Å²) in [4.78, 5) is 8.27. The first-order chi connectivity index (χ1) is 5.86. The predicted molar refractivity (Wildman–Crippen MR) is 46.3 cm³/mol. The minimum atomic E-state index is 0.698. The highest BCUT2D eigenvalue weighted by molar-refractivity contribution is 5.94. The summed E-state index contributed by atoms with van der Waals surface area (Å²) in [5.41, 5.74) is 2.11. The Morgan fingerprint density at radius 1 is 1.42 bits per heavy atom. The van der Waals surface area contributed by atoms with Crippen LogP contribution in [0.2, 0.25) is 0 Å². The lowest BCUT2D eigenvalue weighted by molar-refractivity contribution is 0.348. The van der Waals surface area contributed by atoms with Crippen molar-refractivity contribution in [3.63, 3.8) is 0 Å². The van der Waals surface area contributed by atoms with E-state index in [0.29, 0.717) is 6.61 Å².